The van der Waals surface area contributed by atoms with Crippen molar-refractivity contribution in [1.82, 2.24) is 4.90 Å². The van der Waals surface area contributed by atoms with Gasteiger partial charge in [0.15, 0.2) is 0 Å². The standard InChI is InChI=1S/C23H31ClN2/c1-6-8-9-20-11-10-19(15-22(20)24)14-21-12-18(4)23(13-17(21)3)25-16-26(5)7-2/h10-13,15-16H,6-9,14H2,1-5H3/b25-16-. The molecule has 0 heterocycles. The Morgan fingerprint density at radius 1 is 1.04 bits per heavy atom. The SMILES string of the molecule is CCCCc1ccc(Cc2cc(C)c(/N=C\N(C)CC)cc2C)cc1Cl. The Morgan fingerprint density at radius 3 is 2.46 bits per heavy atom. The third-order valence-electron chi connectivity index (χ3n) is 4.86. The zero-order valence-electron chi connectivity index (χ0n) is 16.8. The molecule has 0 amide bonds. The molecule has 0 unspecified atom stereocenters. The number of halogens is 1. The van der Waals surface area contributed by atoms with Crippen molar-refractivity contribution in [3.8, 4) is 0 Å². The van der Waals surface area contributed by atoms with Crippen LogP contribution in [0.15, 0.2) is 35.3 Å². The third kappa shape index (κ3) is 5.60. The Labute approximate surface area is 163 Å². The number of hydrogen-bond acceptors (Lipinski definition) is 1. The highest BCUT2D eigenvalue weighted by molar-refractivity contribution is 6.31. The van der Waals surface area contributed by atoms with Crippen molar-refractivity contribution in [2.45, 2.75) is 53.4 Å². The largest absolute Gasteiger partial charge is 0.366 e. The van der Waals surface area contributed by atoms with Gasteiger partial charge in [0.05, 0.1) is 12.0 Å². The van der Waals surface area contributed by atoms with E-state index in [1.165, 1.54) is 40.7 Å². The molecule has 3 heteroatoms. The lowest BCUT2D eigenvalue weighted by Gasteiger charge is -2.13. The molecule has 0 aliphatic heterocycles. The Hall–Kier alpha value is -1.80. The second-order valence-corrected chi connectivity index (χ2v) is 7.50. The molecule has 0 aromatic heterocycles. The van der Waals surface area contributed by atoms with Gasteiger partial charge in [0, 0.05) is 18.6 Å². The molecule has 0 N–H and O–H groups in total. The molecule has 0 bridgehead atoms. The Bertz CT molecular complexity index is 765. The zero-order valence-corrected chi connectivity index (χ0v) is 17.5. The quantitative estimate of drug-likeness (QED) is 0.382. The molecule has 140 valence electrons. The number of aryl methyl sites for hydroxylation is 3. The van der Waals surface area contributed by atoms with E-state index in [9.17, 15) is 0 Å². The molecule has 2 aromatic rings. The summed E-state index contributed by atoms with van der Waals surface area (Å²) in [6.07, 6.45) is 6.24. The normalized spacial score (nSPS) is 11.3. The molecule has 0 radical (unpaired) electrons. The van der Waals surface area contributed by atoms with Gasteiger partial charge in [-0.3, -0.25) is 0 Å². The topological polar surface area (TPSA) is 15.6 Å². The van der Waals surface area contributed by atoms with Crippen LogP contribution in [-0.4, -0.2) is 24.8 Å². The molecule has 0 aliphatic rings. The van der Waals surface area contributed by atoms with Gasteiger partial charge in [0.1, 0.15) is 0 Å². The molecule has 0 fully saturated rings. The van der Waals surface area contributed by atoms with E-state index in [2.05, 4.69) is 67.9 Å². The van der Waals surface area contributed by atoms with Crippen molar-refractivity contribution < 1.29 is 0 Å². The van der Waals surface area contributed by atoms with Gasteiger partial charge < -0.3 is 4.90 Å². The summed E-state index contributed by atoms with van der Waals surface area (Å²) in [6, 6.07) is 11.0. The van der Waals surface area contributed by atoms with E-state index in [1.54, 1.807) is 0 Å². The first kappa shape index (κ1) is 20.5. The van der Waals surface area contributed by atoms with Crippen molar-refractivity contribution in [3.63, 3.8) is 0 Å². The van der Waals surface area contributed by atoms with E-state index < -0.39 is 0 Å². The van der Waals surface area contributed by atoms with Crippen LogP contribution >= 0.6 is 11.6 Å². The molecular weight excluding hydrogens is 340 g/mol. The van der Waals surface area contributed by atoms with Gasteiger partial charge in [0.25, 0.3) is 0 Å². The van der Waals surface area contributed by atoms with E-state index in [0.717, 1.165) is 30.1 Å². The van der Waals surface area contributed by atoms with E-state index in [4.69, 9.17) is 11.6 Å². The molecule has 26 heavy (non-hydrogen) atoms. The van der Waals surface area contributed by atoms with Crippen molar-refractivity contribution >= 4 is 23.6 Å². The van der Waals surface area contributed by atoms with E-state index in [-0.39, 0.29) is 0 Å². The number of benzene rings is 2. The number of hydrogen-bond donors (Lipinski definition) is 0. The van der Waals surface area contributed by atoms with E-state index in [1.807, 2.05) is 13.4 Å². The van der Waals surface area contributed by atoms with Gasteiger partial charge in [-0.25, -0.2) is 4.99 Å². The number of aliphatic imine (C=N–C) groups is 1. The molecule has 0 aliphatic carbocycles. The first-order valence-electron chi connectivity index (χ1n) is 9.56. The summed E-state index contributed by atoms with van der Waals surface area (Å²) < 4.78 is 0. The summed E-state index contributed by atoms with van der Waals surface area (Å²) in [4.78, 5) is 6.69. The second kappa shape index (κ2) is 9.78. The fourth-order valence-corrected chi connectivity index (χ4v) is 3.22. The van der Waals surface area contributed by atoms with Crippen LogP contribution < -0.4 is 0 Å². The van der Waals surface area contributed by atoms with Crippen LogP contribution in [0, 0.1) is 13.8 Å². The second-order valence-electron chi connectivity index (χ2n) is 7.09. The fraction of sp³-hybridized carbons (Fsp3) is 0.435. The van der Waals surface area contributed by atoms with Gasteiger partial charge in [-0.15, -0.1) is 0 Å². The van der Waals surface area contributed by atoms with Crippen LogP contribution in [-0.2, 0) is 12.8 Å². The van der Waals surface area contributed by atoms with Gasteiger partial charge in [-0.2, -0.15) is 0 Å². The van der Waals surface area contributed by atoms with Gasteiger partial charge >= 0.3 is 0 Å². The van der Waals surface area contributed by atoms with Crippen LogP contribution in [0.25, 0.3) is 0 Å². The minimum absolute atomic E-state index is 0.897. The highest BCUT2D eigenvalue weighted by Gasteiger charge is 2.07. The molecule has 0 atom stereocenters. The lowest BCUT2D eigenvalue weighted by molar-refractivity contribution is 0.552. The van der Waals surface area contributed by atoms with Gasteiger partial charge in [-0.1, -0.05) is 43.1 Å². The monoisotopic (exact) mass is 370 g/mol. The summed E-state index contributed by atoms with van der Waals surface area (Å²) in [5, 5.41) is 0.897. The predicted octanol–water partition coefficient (Wildman–Crippen LogP) is 6.50. The molecule has 2 aromatic carbocycles. The molecule has 2 rings (SSSR count). The molecular formula is C23H31ClN2. The smallest absolute Gasteiger partial charge is 0.0909 e. The fourth-order valence-electron chi connectivity index (χ4n) is 2.92. The minimum atomic E-state index is 0.897. The molecule has 0 saturated heterocycles. The lowest BCUT2D eigenvalue weighted by atomic mass is 9.96. The summed E-state index contributed by atoms with van der Waals surface area (Å²) >= 11 is 6.49. The van der Waals surface area contributed by atoms with E-state index >= 15 is 0 Å². The van der Waals surface area contributed by atoms with Gasteiger partial charge in [0.2, 0.25) is 0 Å². The van der Waals surface area contributed by atoms with Crippen LogP contribution in [0.5, 0.6) is 0 Å². The van der Waals surface area contributed by atoms with Crippen molar-refractivity contribution in [2.75, 3.05) is 13.6 Å². The Morgan fingerprint density at radius 2 is 1.81 bits per heavy atom. The summed E-state index contributed by atoms with van der Waals surface area (Å²) in [6.45, 7) is 9.57. The Balaban J connectivity index is 2.18. The summed E-state index contributed by atoms with van der Waals surface area (Å²) in [5.41, 5.74) is 7.38. The predicted molar refractivity (Wildman–Crippen MR) is 115 cm³/mol. The van der Waals surface area contributed by atoms with Crippen molar-refractivity contribution in [1.29, 1.82) is 0 Å². The average Bonchev–Trinajstić information content (AvgIpc) is 2.62. The van der Waals surface area contributed by atoms with Crippen molar-refractivity contribution in [3.05, 3.63) is 63.2 Å². The van der Waals surface area contributed by atoms with Gasteiger partial charge in [-0.05, 0) is 80.0 Å². The average molecular weight is 371 g/mol. The maximum absolute atomic E-state index is 6.49. The highest BCUT2D eigenvalue weighted by Crippen LogP contribution is 2.27. The molecule has 0 saturated carbocycles. The summed E-state index contributed by atoms with van der Waals surface area (Å²) in [5.74, 6) is 0. The Kier molecular flexibility index (Phi) is 7.71. The van der Waals surface area contributed by atoms with E-state index in [0.29, 0.717) is 0 Å². The van der Waals surface area contributed by atoms with Crippen molar-refractivity contribution in [2.24, 2.45) is 4.99 Å². The van der Waals surface area contributed by atoms with Crippen LogP contribution in [0.2, 0.25) is 5.02 Å². The molecule has 2 nitrogen and oxygen atoms in total. The lowest BCUT2D eigenvalue weighted by Crippen LogP contribution is -2.14. The molecule has 0 spiro atoms. The number of rotatable bonds is 8. The zero-order chi connectivity index (χ0) is 19.1. The highest BCUT2D eigenvalue weighted by atomic mass is 35.5. The first-order chi connectivity index (χ1) is 12.4. The maximum atomic E-state index is 6.49. The van der Waals surface area contributed by atoms with Crippen LogP contribution in [0.3, 0.4) is 0 Å². The first-order valence-corrected chi connectivity index (χ1v) is 9.94. The van der Waals surface area contributed by atoms with Crippen LogP contribution in [0.4, 0.5) is 5.69 Å². The third-order valence-corrected chi connectivity index (χ3v) is 5.21. The van der Waals surface area contributed by atoms with Crippen LogP contribution in [0.1, 0.15) is 54.5 Å². The summed E-state index contributed by atoms with van der Waals surface area (Å²) in [7, 11) is 2.04. The minimum Gasteiger partial charge on any atom is -0.366 e. The number of nitrogens with zero attached hydrogens (tertiary/aromatic N) is 2. The number of unbranched alkanes of at least 4 members (excludes halogenated alkanes) is 1. The maximum Gasteiger partial charge on any atom is 0.0909 e.